The molecular weight excluding hydrogens is 144 g/mol. The predicted octanol–water partition coefficient (Wildman–Crippen LogP) is 1.04. The van der Waals surface area contributed by atoms with E-state index in [0.29, 0.717) is 0 Å². The second-order valence-corrected chi connectivity index (χ2v) is 2.43. The maximum absolute atomic E-state index is 10.5. The van der Waals surface area contributed by atoms with Gasteiger partial charge in [-0.3, -0.25) is 9.59 Å². The zero-order valence-electron chi connectivity index (χ0n) is 6.37. The van der Waals surface area contributed by atoms with Gasteiger partial charge < -0.3 is 4.74 Å². The minimum absolute atomic E-state index is 0.428. The summed E-state index contributed by atoms with van der Waals surface area (Å²) < 4.78 is 4.15. The molecule has 11 heavy (non-hydrogen) atoms. The van der Waals surface area contributed by atoms with Crippen molar-refractivity contribution in [2.24, 2.45) is 5.92 Å². The molecule has 1 fully saturated rings. The predicted molar refractivity (Wildman–Crippen MR) is 38.6 cm³/mol. The monoisotopic (exact) mass is 154 g/mol. The Kier molecular flexibility index (Phi) is 2.41. The van der Waals surface area contributed by atoms with Crippen molar-refractivity contribution in [1.29, 1.82) is 0 Å². The van der Waals surface area contributed by atoms with Crippen molar-refractivity contribution in [2.45, 2.75) is 19.8 Å². The van der Waals surface area contributed by atoms with Gasteiger partial charge in [-0.2, -0.15) is 0 Å². The van der Waals surface area contributed by atoms with E-state index in [-0.39, 0.29) is 0 Å². The molecule has 0 spiro atoms. The molecule has 0 aromatic carbocycles. The number of hydrogen-bond acceptors (Lipinski definition) is 3. The fraction of sp³-hybridized carbons (Fsp3) is 0.500. The van der Waals surface area contributed by atoms with Gasteiger partial charge in [0.1, 0.15) is 0 Å². The highest BCUT2D eigenvalue weighted by molar-refractivity contribution is 6.11. The second-order valence-electron chi connectivity index (χ2n) is 2.43. The molecule has 60 valence electrons. The van der Waals surface area contributed by atoms with Gasteiger partial charge in [0.15, 0.2) is 5.92 Å². The van der Waals surface area contributed by atoms with Crippen LogP contribution >= 0.6 is 0 Å². The number of rotatable bonds is 3. The summed E-state index contributed by atoms with van der Waals surface area (Å²) in [6, 6.07) is 0. The quantitative estimate of drug-likeness (QED) is 0.346. The molecule has 0 aliphatic carbocycles. The molecular formula is C8H10O3. The van der Waals surface area contributed by atoms with E-state index < -0.39 is 17.9 Å². The average Bonchev–Trinajstić information content (AvgIpc) is 1.98. The molecule has 0 aromatic heterocycles. The minimum Gasteiger partial charge on any atom is -0.391 e. The molecule has 0 N–H and O–H groups in total. The van der Waals surface area contributed by atoms with Gasteiger partial charge in [-0.1, -0.05) is 25.5 Å². The molecule has 1 aliphatic heterocycles. The zero-order chi connectivity index (χ0) is 8.27. The number of carbonyl (C=O) groups excluding carboxylic acids is 2. The molecule has 0 atom stereocenters. The molecule has 0 unspecified atom stereocenters. The van der Waals surface area contributed by atoms with Crippen LogP contribution in [0.2, 0.25) is 0 Å². The summed E-state index contributed by atoms with van der Waals surface area (Å²) in [6.07, 6.45) is 5.37. The zero-order valence-corrected chi connectivity index (χ0v) is 6.37. The first-order chi connectivity index (χ1) is 5.25. The second kappa shape index (κ2) is 3.32. The van der Waals surface area contributed by atoms with Crippen LogP contribution in [0.3, 0.4) is 0 Å². The Morgan fingerprint density at radius 1 is 1.45 bits per heavy atom. The first kappa shape index (κ1) is 7.98. The summed E-state index contributed by atoms with van der Waals surface area (Å²) in [6.45, 7) is 2.03. The standard InChI is InChI=1S/C8H10O3/c1-2-3-4-5-6-7(9)11-8(6)10/h4-6H,2-3H2,1H3/b5-4+. The molecule has 1 rings (SSSR count). The molecule has 0 aromatic rings. The smallest absolute Gasteiger partial charge is 0.331 e. The van der Waals surface area contributed by atoms with Gasteiger partial charge in [0, 0.05) is 0 Å². The van der Waals surface area contributed by atoms with Crippen LogP contribution in [0.15, 0.2) is 12.2 Å². The lowest BCUT2D eigenvalue weighted by molar-refractivity contribution is -0.180. The summed E-state index contributed by atoms with van der Waals surface area (Å²) in [5.41, 5.74) is 0. The SMILES string of the molecule is CCC/C=C/C1C(=O)OC1=O. The highest BCUT2D eigenvalue weighted by Crippen LogP contribution is 2.16. The van der Waals surface area contributed by atoms with Crippen LogP contribution in [-0.4, -0.2) is 11.9 Å². The lowest BCUT2D eigenvalue weighted by atomic mass is 10.1. The third-order valence-electron chi connectivity index (χ3n) is 1.49. The van der Waals surface area contributed by atoms with Crippen LogP contribution in [0.4, 0.5) is 0 Å². The van der Waals surface area contributed by atoms with Crippen molar-refractivity contribution in [3.8, 4) is 0 Å². The third-order valence-corrected chi connectivity index (χ3v) is 1.49. The molecule has 1 aliphatic rings. The molecule has 0 radical (unpaired) electrons. The van der Waals surface area contributed by atoms with E-state index in [1.54, 1.807) is 6.08 Å². The van der Waals surface area contributed by atoms with E-state index in [0.717, 1.165) is 12.8 Å². The van der Waals surface area contributed by atoms with Crippen LogP contribution in [0.1, 0.15) is 19.8 Å². The summed E-state index contributed by atoms with van der Waals surface area (Å²) in [5, 5.41) is 0. The van der Waals surface area contributed by atoms with E-state index >= 15 is 0 Å². The van der Waals surface area contributed by atoms with Gasteiger partial charge in [-0.15, -0.1) is 0 Å². The van der Waals surface area contributed by atoms with E-state index in [2.05, 4.69) is 4.74 Å². The maximum Gasteiger partial charge on any atom is 0.331 e. The van der Waals surface area contributed by atoms with Crippen molar-refractivity contribution in [3.63, 3.8) is 0 Å². The fourth-order valence-corrected chi connectivity index (χ4v) is 0.820. The number of unbranched alkanes of at least 4 members (excludes halogenated alkanes) is 1. The lowest BCUT2D eigenvalue weighted by Gasteiger charge is -2.17. The Morgan fingerprint density at radius 2 is 2.09 bits per heavy atom. The fourth-order valence-electron chi connectivity index (χ4n) is 0.820. The van der Waals surface area contributed by atoms with Gasteiger partial charge >= 0.3 is 11.9 Å². The lowest BCUT2D eigenvalue weighted by Crippen LogP contribution is -2.39. The molecule has 1 heterocycles. The van der Waals surface area contributed by atoms with Crippen LogP contribution in [-0.2, 0) is 14.3 Å². The topological polar surface area (TPSA) is 43.4 Å². The molecule has 0 amide bonds. The molecule has 0 bridgehead atoms. The summed E-state index contributed by atoms with van der Waals surface area (Å²) in [4.78, 5) is 21.1. The number of ether oxygens (including phenoxy) is 1. The Labute approximate surface area is 65.0 Å². The Balaban J connectivity index is 2.36. The van der Waals surface area contributed by atoms with Crippen LogP contribution in [0.25, 0.3) is 0 Å². The number of cyclic esters (lactones) is 2. The van der Waals surface area contributed by atoms with Gasteiger partial charge in [-0.25, -0.2) is 0 Å². The number of carbonyl (C=O) groups is 2. The molecule has 3 nitrogen and oxygen atoms in total. The summed E-state index contributed by atoms with van der Waals surface area (Å²) >= 11 is 0. The van der Waals surface area contributed by atoms with Crippen molar-refractivity contribution in [3.05, 3.63) is 12.2 Å². The Bertz CT molecular complexity index is 191. The van der Waals surface area contributed by atoms with Crippen molar-refractivity contribution < 1.29 is 14.3 Å². The first-order valence-corrected chi connectivity index (χ1v) is 3.68. The minimum atomic E-state index is -0.610. The van der Waals surface area contributed by atoms with Crippen LogP contribution in [0.5, 0.6) is 0 Å². The largest absolute Gasteiger partial charge is 0.391 e. The summed E-state index contributed by atoms with van der Waals surface area (Å²) in [5.74, 6) is -1.47. The van der Waals surface area contributed by atoms with Crippen LogP contribution < -0.4 is 0 Å². The third kappa shape index (κ3) is 1.67. The van der Waals surface area contributed by atoms with Crippen molar-refractivity contribution in [1.82, 2.24) is 0 Å². The van der Waals surface area contributed by atoms with Crippen molar-refractivity contribution in [2.75, 3.05) is 0 Å². The van der Waals surface area contributed by atoms with Gasteiger partial charge in [0.05, 0.1) is 0 Å². The van der Waals surface area contributed by atoms with E-state index in [1.807, 2.05) is 13.0 Å². The maximum atomic E-state index is 10.5. The van der Waals surface area contributed by atoms with E-state index in [9.17, 15) is 9.59 Å². The molecule has 1 saturated heterocycles. The summed E-state index contributed by atoms with van der Waals surface area (Å²) in [7, 11) is 0. The number of hydrogen-bond donors (Lipinski definition) is 0. The average molecular weight is 154 g/mol. The number of allylic oxidation sites excluding steroid dienone is 1. The molecule has 3 heteroatoms. The van der Waals surface area contributed by atoms with E-state index in [4.69, 9.17) is 0 Å². The first-order valence-electron chi connectivity index (χ1n) is 3.68. The van der Waals surface area contributed by atoms with E-state index in [1.165, 1.54) is 0 Å². The van der Waals surface area contributed by atoms with Gasteiger partial charge in [-0.05, 0) is 6.42 Å². The van der Waals surface area contributed by atoms with Crippen molar-refractivity contribution >= 4 is 11.9 Å². The Hall–Kier alpha value is -1.12. The highest BCUT2D eigenvalue weighted by Gasteiger charge is 2.39. The normalized spacial score (nSPS) is 18.6. The number of esters is 2. The highest BCUT2D eigenvalue weighted by atomic mass is 16.6. The molecule has 0 saturated carbocycles. The van der Waals surface area contributed by atoms with Gasteiger partial charge in [0.25, 0.3) is 0 Å². The Morgan fingerprint density at radius 3 is 2.55 bits per heavy atom. The van der Waals surface area contributed by atoms with Gasteiger partial charge in [0.2, 0.25) is 0 Å². The van der Waals surface area contributed by atoms with Crippen LogP contribution in [0, 0.1) is 5.92 Å².